The van der Waals surface area contributed by atoms with E-state index in [0.717, 1.165) is 10.0 Å². The molecule has 0 heterocycles. The largest absolute Gasteiger partial charge is 0.313 e. The van der Waals surface area contributed by atoms with Crippen molar-refractivity contribution in [2.45, 2.75) is 12.5 Å². The second-order valence-corrected chi connectivity index (χ2v) is 6.32. The van der Waals surface area contributed by atoms with Crippen molar-refractivity contribution in [2.75, 3.05) is 7.05 Å². The summed E-state index contributed by atoms with van der Waals surface area (Å²) >= 11 is 6.61. The molecule has 0 saturated carbocycles. The maximum Gasteiger partial charge on any atom is 0.128 e. The molecule has 2 aromatic rings. The first-order chi connectivity index (χ1) is 9.49. The van der Waals surface area contributed by atoms with E-state index in [1.165, 1.54) is 18.2 Å². The molecule has 0 aliphatic carbocycles. The second-order valence-electron chi connectivity index (χ2n) is 4.49. The first kappa shape index (κ1) is 15.6. The molecular weight excluding hydrogens is 392 g/mol. The molecular formula is C15H13Br2F2N. The van der Waals surface area contributed by atoms with Gasteiger partial charge in [0.1, 0.15) is 11.6 Å². The molecule has 0 aliphatic heterocycles. The summed E-state index contributed by atoms with van der Waals surface area (Å²) in [7, 11) is 1.76. The predicted molar refractivity (Wildman–Crippen MR) is 83.7 cm³/mol. The summed E-state index contributed by atoms with van der Waals surface area (Å²) in [6, 6.07) is 9.30. The van der Waals surface area contributed by atoms with Gasteiger partial charge < -0.3 is 5.32 Å². The van der Waals surface area contributed by atoms with Crippen molar-refractivity contribution in [3.63, 3.8) is 0 Å². The average molecular weight is 405 g/mol. The minimum absolute atomic E-state index is 0.221. The SMILES string of the molecule is CNC(Cc1cc(F)cc(Br)c1)c1cc(Br)ccc1F. The molecule has 2 aromatic carbocycles. The first-order valence-electron chi connectivity index (χ1n) is 6.07. The third kappa shape index (κ3) is 3.87. The second kappa shape index (κ2) is 6.78. The molecule has 1 unspecified atom stereocenters. The van der Waals surface area contributed by atoms with Gasteiger partial charge in [0.25, 0.3) is 0 Å². The van der Waals surface area contributed by atoms with Crippen LogP contribution in [0.2, 0.25) is 0 Å². The lowest BCUT2D eigenvalue weighted by Crippen LogP contribution is -2.20. The Labute approximate surface area is 133 Å². The number of hydrogen-bond donors (Lipinski definition) is 1. The summed E-state index contributed by atoms with van der Waals surface area (Å²) in [5.41, 5.74) is 1.36. The minimum atomic E-state index is -0.307. The Hall–Kier alpha value is -0.780. The number of likely N-dealkylation sites (N-methyl/N-ethyl adjacent to an activating group) is 1. The van der Waals surface area contributed by atoms with Gasteiger partial charge in [-0.2, -0.15) is 0 Å². The van der Waals surface area contributed by atoms with Crippen LogP contribution in [-0.2, 0) is 6.42 Å². The van der Waals surface area contributed by atoms with Crippen LogP contribution in [0.5, 0.6) is 0 Å². The number of benzene rings is 2. The van der Waals surface area contributed by atoms with E-state index in [-0.39, 0.29) is 17.7 Å². The standard InChI is InChI=1S/C15H13Br2F2N/c1-20-15(13-8-10(16)2-3-14(13)19)6-9-4-11(17)7-12(18)5-9/h2-5,7-8,15,20H,6H2,1H3. The Bertz CT molecular complexity index is 597. The highest BCUT2D eigenvalue weighted by atomic mass is 79.9. The Balaban J connectivity index is 2.31. The van der Waals surface area contributed by atoms with Gasteiger partial charge >= 0.3 is 0 Å². The zero-order valence-electron chi connectivity index (χ0n) is 10.8. The van der Waals surface area contributed by atoms with Crippen LogP contribution in [0.4, 0.5) is 8.78 Å². The summed E-state index contributed by atoms with van der Waals surface area (Å²) in [5, 5.41) is 3.08. The van der Waals surface area contributed by atoms with Crippen molar-refractivity contribution in [3.05, 3.63) is 68.1 Å². The zero-order valence-corrected chi connectivity index (χ0v) is 13.9. The van der Waals surface area contributed by atoms with Crippen LogP contribution in [0.15, 0.2) is 45.3 Å². The van der Waals surface area contributed by atoms with Crippen molar-refractivity contribution in [2.24, 2.45) is 0 Å². The molecule has 106 valence electrons. The van der Waals surface area contributed by atoms with Crippen LogP contribution in [0.3, 0.4) is 0 Å². The van der Waals surface area contributed by atoms with Crippen molar-refractivity contribution in [1.82, 2.24) is 5.32 Å². The minimum Gasteiger partial charge on any atom is -0.313 e. The summed E-state index contributed by atoms with van der Waals surface area (Å²) in [6.45, 7) is 0. The number of halogens is 4. The van der Waals surface area contributed by atoms with E-state index in [9.17, 15) is 8.78 Å². The average Bonchev–Trinajstić information content (AvgIpc) is 2.38. The first-order valence-corrected chi connectivity index (χ1v) is 7.65. The lowest BCUT2D eigenvalue weighted by molar-refractivity contribution is 0.532. The summed E-state index contributed by atoms with van der Waals surface area (Å²) in [5.74, 6) is -0.582. The molecule has 0 bridgehead atoms. The van der Waals surface area contributed by atoms with Crippen LogP contribution in [0, 0.1) is 11.6 Å². The van der Waals surface area contributed by atoms with E-state index in [2.05, 4.69) is 37.2 Å². The molecule has 0 fully saturated rings. The molecule has 20 heavy (non-hydrogen) atoms. The molecule has 0 aliphatic rings. The van der Waals surface area contributed by atoms with E-state index in [1.54, 1.807) is 19.2 Å². The molecule has 1 N–H and O–H groups in total. The van der Waals surface area contributed by atoms with Crippen molar-refractivity contribution in [1.29, 1.82) is 0 Å². The fourth-order valence-corrected chi connectivity index (χ4v) is 3.01. The van der Waals surface area contributed by atoms with Crippen LogP contribution < -0.4 is 5.32 Å². The zero-order chi connectivity index (χ0) is 14.7. The quantitative estimate of drug-likeness (QED) is 0.756. The highest BCUT2D eigenvalue weighted by molar-refractivity contribution is 9.10. The molecule has 0 radical (unpaired) electrons. The lowest BCUT2D eigenvalue weighted by Gasteiger charge is -2.18. The van der Waals surface area contributed by atoms with Gasteiger partial charge in [-0.3, -0.25) is 0 Å². The Morgan fingerprint density at radius 1 is 1.05 bits per heavy atom. The topological polar surface area (TPSA) is 12.0 Å². The van der Waals surface area contributed by atoms with Crippen LogP contribution in [0.1, 0.15) is 17.2 Å². The summed E-state index contributed by atoms with van der Waals surface area (Å²) in [6.07, 6.45) is 0.500. The van der Waals surface area contributed by atoms with Gasteiger partial charge in [0.2, 0.25) is 0 Å². The van der Waals surface area contributed by atoms with E-state index in [1.807, 2.05) is 6.07 Å². The van der Waals surface area contributed by atoms with Crippen molar-refractivity contribution < 1.29 is 8.78 Å². The smallest absolute Gasteiger partial charge is 0.128 e. The van der Waals surface area contributed by atoms with Crippen LogP contribution >= 0.6 is 31.9 Å². The van der Waals surface area contributed by atoms with Gasteiger partial charge in [-0.25, -0.2) is 8.78 Å². The number of hydrogen-bond acceptors (Lipinski definition) is 1. The number of nitrogens with one attached hydrogen (secondary N) is 1. The van der Waals surface area contributed by atoms with Crippen molar-refractivity contribution in [3.8, 4) is 0 Å². The molecule has 0 aromatic heterocycles. The molecule has 0 amide bonds. The summed E-state index contributed by atoms with van der Waals surface area (Å²) < 4.78 is 28.8. The van der Waals surface area contributed by atoms with E-state index >= 15 is 0 Å². The molecule has 2 rings (SSSR count). The highest BCUT2D eigenvalue weighted by Gasteiger charge is 2.15. The van der Waals surface area contributed by atoms with Crippen molar-refractivity contribution >= 4 is 31.9 Å². The molecule has 1 nitrogen and oxygen atoms in total. The monoisotopic (exact) mass is 403 g/mol. The summed E-state index contributed by atoms with van der Waals surface area (Å²) in [4.78, 5) is 0. The van der Waals surface area contributed by atoms with E-state index in [0.29, 0.717) is 16.5 Å². The third-order valence-electron chi connectivity index (χ3n) is 3.04. The van der Waals surface area contributed by atoms with Crippen LogP contribution in [-0.4, -0.2) is 7.05 Å². The fourth-order valence-electron chi connectivity index (χ4n) is 2.11. The maximum atomic E-state index is 13.9. The van der Waals surface area contributed by atoms with Gasteiger partial charge in [-0.1, -0.05) is 31.9 Å². The normalized spacial score (nSPS) is 12.4. The molecule has 5 heteroatoms. The van der Waals surface area contributed by atoms with Crippen LogP contribution in [0.25, 0.3) is 0 Å². The Morgan fingerprint density at radius 2 is 1.80 bits per heavy atom. The molecule has 1 atom stereocenters. The highest BCUT2D eigenvalue weighted by Crippen LogP contribution is 2.26. The lowest BCUT2D eigenvalue weighted by atomic mass is 9.98. The fraction of sp³-hybridized carbons (Fsp3) is 0.200. The Kier molecular flexibility index (Phi) is 5.29. The Morgan fingerprint density at radius 3 is 2.45 bits per heavy atom. The van der Waals surface area contributed by atoms with Gasteiger partial charge in [0.15, 0.2) is 0 Å². The predicted octanol–water partition coefficient (Wildman–Crippen LogP) is 4.99. The number of rotatable bonds is 4. The van der Waals surface area contributed by atoms with Gasteiger partial charge in [-0.05, 0) is 55.4 Å². The van der Waals surface area contributed by atoms with Gasteiger partial charge in [0.05, 0.1) is 0 Å². The van der Waals surface area contributed by atoms with Gasteiger partial charge in [0, 0.05) is 20.6 Å². The molecule has 0 saturated heterocycles. The molecule has 0 spiro atoms. The maximum absolute atomic E-state index is 13.9. The van der Waals surface area contributed by atoms with E-state index < -0.39 is 0 Å². The van der Waals surface area contributed by atoms with E-state index in [4.69, 9.17) is 0 Å². The van der Waals surface area contributed by atoms with Gasteiger partial charge in [-0.15, -0.1) is 0 Å². The third-order valence-corrected chi connectivity index (χ3v) is 4.00.